The third-order valence-electron chi connectivity index (χ3n) is 0.499. The smallest absolute Gasteiger partial charge is 0.128 e. The average molecular weight is 158 g/mol. The van der Waals surface area contributed by atoms with E-state index in [-0.39, 0.29) is 0 Å². The topological polar surface area (TPSA) is 25.8 Å². The Labute approximate surface area is 49.7 Å². The SMILES string of the molecule is Brc1cc[c]nn1. The molecule has 0 aliphatic carbocycles. The number of aromatic nitrogens is 2. The molecule has 0 bridgehead atoms. The highest BCUT2D eigenvalue weighted by Crippen LogP contribution is 1.98. The molecule has 1 rings (SSSR count). The molecule has 1 aromatic heterocycles. The van der Waals surface area contributed by atoms with Gasteiger partial charge in [-0.2, -0.15) is 0 Å². The van der Waals surface area contributed by atoms with E-state index in [0.717, 1.165) is 4.60 Å². The van der Waals surface area contributed by atoms with Gasteiger partial charge in [-0.05, 0) is 28.1 Å². The molecule has 1 radical (unpaired) electrons. The molecule has 0 saturated heterocycles. The van der Waals surface area contributed by atoms with Gasteiger partial charge in [0.1, 0.15) is 10.8 Å². The molecule has 0 N–H and O–H groups in total. The van der Waals surface area contributed by atoms with Gasteiger partial charge in [0.25, 0.3) is 0 Å². The van der Waals surface area contributed by atoms with E-state index in [1.807, 2.05) is 0 Å². The second kappa shape index (κ2) is 2.02. The summed E-state index contributed by atoms with van der Waals surface area (Å²) in [5.41, 5.74) is 0. The van der Waals surface area contributed by atoms with Crippen molar-refractivity contribution in [3.63, 3.8) is 0 Å². The quantitative estimate of drug-likeness (QED) is 0.563. The van der Waals surface area contributed by atoms with Gasteiger partial charge in [-0.25, -0.2) is 0 Å². The molecule has 0 aromatic carbocycles. The average Bonchev–Trinajstić information content (AvgIpc) is 1.69. The Balaban J connectivity index is 3.02. The maximum atomic E-state index is 3.59. The molecule has 0 saturated carbocycles. The number of nitrogens with zero attached hydrogens (tertiary/aromatic N) is 2. The monoisotopic (exact) mass is 157 g/mol. The van der Waals surface area contributed by atoms with Crippen molar-refractivity contribution in [2.75, 3.05) is 0 Å². The van der Waals surface area contributed by atoms with Crippen LogP contribution in [-0.4, -0.2) is 10.2 Å². The summed E-state index contributed by atoms with van der Waals surface area (Å²) < 4.78 is 0.742. The van der Waals surface area contributed by atoms with Gasteiger partial charge in [-0.15, -0.1) is 10.2 Å². The van der Waals surface area contributed by atoms with Crippen LogP contribution >= 0.6 is 15.9 Å². The molecule has 0 unspecified atom stereocenters. The van der Waals surface area contributed by atoms with E-state index in [4.69, 9.17) is 0 Å². The van der Waals surface area contributed by atoms with Crippen molar-refractivity contribution in [2.24, 2.45) is 0 Å². The molecule has 0 aliphatic rings. The lowest BCUT2D eigenvalue weighted by Gasteiger charge is -1.77. The summed E-state index contributed by atoms with van der Waals surface area (Å²) in [6.07, 6.45) is 2.54. The molecule has 1 aromatic rings. The maximum Gasteiger partial charge on any atom is 0.128 e. The lowest BCUT2D eigenvalue weighted by molar-refractivity contribution is 0.997. The van der Waals surface area contributed by atoms with Crippen LogP contribution in [0.15, 0.2) is 16.7 Å². The highest BCUT2D eigenvalue weighted by Gasteiger charge is 1.78. The fraction of sp³-hybridized carbons (Fsp3) is 0. The van der Waals surface area contributed by atoms with Crippen LogP contribution in [0.3, 0.4) is 0 Å². The number of rotatable bonds is 0. The van der Waals surface area contributed by atoms with Gasteiger partial charge in [0.05, 0.1) is 0 Å². The standard InChI is InChI=1S/C4H2BrN2/c5-4-2-1-3-6-7-4/h1-2H. The van der Waals surface area contributed by atoms with Crippen molar-refractivity contribution in [1.82, 2.24) is 10.2 Å². The van der Waals surface area contributed by atoms with Crippen molar-refractivity contribution < 1.29 is 0 Å². The van der Waals surface area contributed by atoms with Crippen LogP contribution in [0.5, 0.6) is 0 Å². The third-order valence-corrected chi connectivity index (χ3v) is 0.922. The molecule has 0 atom stereocenters. The van der Waals surface area contributed by atoms with E-state index in [1.165, 1.54) is 0 Å². The minimum Gasteiger partial charge on any atom is -0.148 e. The summed E-state index contributed by atoms with van der Waals surface area (Å²) >= 11 is 3.12. The Morgan fingerprint density at radius 2 is 2.57 bits per heavy atom. The first-order valence-electron chi connectivity index (χ1n) is 1.75. The van der Waals surface area contributed by atoms with Gasteiger partial charge in [0, 0.05) is 0 Å². The van der Waals surface area contributed by atoms with Crippen molar-refractivity contribution in [1.29, 1.82) is 0 Å². The predicted molar refractivity (Wildman–Crippen MR) is 28.6 cm³/mol. The van der Waals surface area contributed by atoms with E-state index < -0.39 is 0 Å². The summed E-state index contributed by atoms with van der Waals surface area (Å²) in [7, 11) is 0. The molecule has 2 nitrogen and oxygen atoms in total. The molecule has 1 heterocycles. The zero-order valence-corrected chi connectivity index (χ0v) is 5.01. The van der Waals surface area contributed by atoms with Gasteiger partial charge in [0.15, 0.2) is 0 Å². The van der Waals surface area contributed by atoms with Crippen LogP contribution < -0.4 is 0 Å². The lowest BCUT2D eigenvalue weighted by atomic mass is 10.6. The first-order valence-corrected chi connectivity index (χ1v) is 2.54. The Hall–Kier alpha value is -0.440. The van der Waals surface area contributed by atoms with E-state index >= 15 is 0 Å². The highest BCUT2D eigenvalue weighted by atomic mass is 79.9. The summed E-state index contributed by atoms with van der Waals surface area (Å²) in [5.74, 6) is 0. The Bertz CT molecular complexity index is 140. The van der Waals surface area contributed by atoms with Gasteiger partial charge >= 0.3 is 0 Å². The first-order chi connectivity index (χ1) is 3.39. The molecule has 35 valence electrons. The van der Waals surface area contributed by atoms with E-state index in [1.54, 1.807) is 12.1 Å². The molecule has 0 fully saturated rings. The van der Waals surface area contributed by atoms with Crippen LogP contribution in [0.25, 0.3) is 0 Å². The predicted octanol–water partition coefficient (Wildman–Crippen LogP) is 1.04. The maximum absolute atomic E-state index is 3.59. The molecule has 7 heavy (non-hydrogen) atoms. The van der Waals surface area contributed by atoms with Crippen LogP contribution in [0.1, 0.15) is 0 Å². The Morgan fingerprint density at radius 3 is 2.86 bits per heavy atom. The largest absolute Gasteiger partial charge is 0.148 e. The van der Waals surface area contributed by atoms with E-state index in [2.05, 4.69) is 32.3 Å². The van der Waals surface area contributed by atoms with Crippen molar-refractivity contribution in [3.8, 4) is 0 Å². The lowest BCUT2D eigenvalue weighted by Crippen LogP contribution is -1.76. The number of hydrogen-bond donors (Lipinski definition) is 0. The van der Waals surface area contributed by atoms with E-state index in [9.17, 15) is 0 Å². The molecule has 0 aliphatic heterocycles. The van der Waals surface area contributed by atoms with E-state index in [0.29, 0.717) is 0 Å². The molecular formula is C4H2BrN2. The van der Waals surface area contributed by atoms with Crippen molar-refractivity contribution >= 4 is 15.9 Å². The molecule has 0 spiro atoms. The Kier molecular flexibility index (Phi) is 1.36. The summed E-state index contributed by atoms with van der Waals surface area (Å²) in [4.78, 5) is 0. The zero-order valence-electron chi connectivity index (χ0n) is 3.43. The van der Waals surface area contributed by atoms with Crippen molar-refractivity contribution in [2.45, 2.75) is 0 Å². The van der Waals surface area contributed by atoms with Crippen LogP contribution in [0, 0.1) is 6.20 Å². The van der Waals surface area contributed by atoms with Gasteiger partial charge in [-0.3, -0.25) is 0 Å². The normalized spacial score (nSPS) is 8.71. The summed E-state index contributed by atoms with van der Waals surface area (Å²) in [6, 6.07) is 3.46. The third kappa shape index (κ3) is 1.23. The van der Waals surface area contributed by atoms with Gasteiger partial charge < -0.3 is 0 Å². The minimum absolute atomic E-state index is 0.742. The fourth-order valence-electron chi connectivity index (χ4n) is 0.249. The highest BCUT2D eigenvalue weighted by molar-refractivity contribution is 9.10. The molecule has 0 amide bonds. The van der Waals surface area contributed by atoms with Gasteiger partial charge in [0.2, 0.25) is 0 Å². The van der Waals surface area contributed by atoms with Crippen LogP contribution in [0.2, 0.25) is 0 Å². The van der Waals surface area contributed by atoms with Crippen LogP contribution in [0.4, 0.5) is 0 Å². The van der Waals surface area contributed by atoms with Crippen molar-refractivity contribution in [3.05, 3.63) is 22.9 Å². The van der Waals surface area contributed by atoms with Gasteiger partial charge in [-0.1, -0.05) is 0 Å². The minimum atomic E-state index is 0.742. The summed E-state index contributed by atoms with van der Waals surface area (Å²) in [5, 5.41) is 7.05. The number of halogens is 1. The Morgan fingerprint density at radius 1 is 1.71 bits per heavy atom. The fourth-order valence-corrected chi connectivity index (χ4v) is 0.461. The second-order valence-corrected chi connectivity index (χ2v) is 1.80. The molecular weight excluding hydrogens is 156 g/mol. The first kappa shape index (κ1) is 4.71. The second-order valence-electron chi connectivity index (χ2n) is 0.985. The molecule has 3 heteroatoms. The summed E-state index contributed by atoms with van der Waals surface area (Å²) in [6.45, 7) is 0. The number of hydrogen-bond acceptors (Lipinski definition) is 2. The zero-order chi connectivity index (χ0) is 5.11. The van der Waals surface area contributed by atoms with Crippen LogP contribution in [-0.2, 0) is 0 Å².